The average molecular weight is 731 g/mol. The molecule has 0 heterocycles. The summed E-state index contributed by atoms with van der Waals surface area (Å²) in [7, 11) is 0. The van der Waals surface area contributed by atoms with Crippen molar-refractivity contribution in [2.24, 2.45) is 0 Å². The summed E-state index contributed by atoms with van der Waals surface area (Å²) in [5.41, 5.74) is 0. The van der Waals surface area contributed by atoms with Crippen LogP contribution in [-0.2, 0) is 0 Å². The molecule has 0 aromatic heterocycles. The van der Waals surface area contributed by atoms with E-state index in [1.54, 1.807) is 36.4 Å². The van der Waals surface area contributed by atoms with Crippen LogP contribution in [0.1, 0.15) is 0 Å². The standard InChI is InChI=1S/3C6H5O.Bi.3BrH/c3*7-6-4-2-1-3-5-6;;;;/h3*2-5,7H;;3*1H. The van der Waals surface area contributed by atoms with Gasteiger partial charge in [-0.1, -0.05) is 0 Å². The summed E-state index contributed by atoms with van der Waals surface area (Å²) in [5, 5.41) is 28.5. The maximum atomic E-state index is 9.51. The Morgan fingerprint density at radius 3 is 0.800 bits per heavy atom. The van der Waals surface area contributed by atoms with Crippen LogP contribution in [0.15, 0.2) is 72.8 Å². The number of aromatic hydroxyl groups is 3. The first kappa shape index (κ1) is 24.4. The molecule has 134 valence electrons. The SMILES string of the molecule is Br.Br.Br.Oc1cc[c]([Bi]([c]2ccc(O)cc2)[c]2ccc(O)cc2)cc1. The van der Waals surface area contributed by atoms with E-state index in [9.17, 15) is 15.3 Å². The van der Waals surface area contributed by atoms with Gasteiger partial charge >= 0.3 is 137 Å². The summed E-state index contributed by atoms with van der Waals surface area (Å²) in [6, 6.07) is 22.0. The molecule has 0 aliphatic carbocycles. The molecule has 0 amide bonds. The zero-order chi connectivity index (χ0) is 15.5. The first-order chi connectivity index (χ1) is 10.6. The Labute approximate surface area is 186 Å². The molecule has 0 atom stereocenters. The van der Waals surface area contributed by atoms with Gasteiger partial charge in [-0.3, -0.25) is 0 Å². The minimum absolute atomic E-state index is 0. The van der Waals surface area contributed by atoms with Crippen molar-refractivity contribution in [2.75, 3.05) is 0 Å². The zero-order valence-electron chi connectivity index (χ0n) is 12.9. The molecule has 0 saturated carbocycles. The zero-order valence-corrected chi connectivity index (χ0v) is 21.6. The van der Waals surface area contributed by atoms with Crippen LogP contribution in [0.25, 0.3) is 0 Å². The Hall–Kier alpha value is -0.617. The number of hydrogen-bond donors (Lipinski definition) is 3. The molecule has 7 heteroatoms. The van der Waals surface area contributed by atoms with Crippen LogP contribution >= 0.6 is 50.9 Å². The van der Waals surface area contributed by atoms with E-state index in [1.165, 1.54) is 9.81 Å². The first-order valence-corrected chi connectivity index (χ1v) is 12.0. The second-order valence-electron chi connectivity index (χ2n) is 4.88. The monoisotopic (exact) mass is 728 g/mol. The van der Waals surface area contributed by atoms with Gasteiger partial charge in [0.15, 0.2) is 0 Å². The number of rotatable bonds is 3. The third-order valence-electron chi connectivity index (χ3n) is 3.32. The molecule has 0 fully saturated rings. The molecule has 0 unspecified atom stereocenters. The van der Waals surface area contributed by atoms with E-state index in [0.717, 1.165) is 0 Å². The summed E-state index contributed by atoms with van der Waals surface area (Å²) in [6.45, 7) is 0. The van der Waals surface area contributed by atoms with Gasteiger partial charge in [0.1, 0.15) is 0 Å². The van der Waals surface area contributed by atoms with Crippen molar-refractivity contribution in [3.63, 3.8) is 0 Å². The van der Waals surface area contributed by atoms with Crippen molar-refractivity contribution < 1.29 is 15.3 Å². The molecule has 3 nitrogen and oxygen atoms in total. The third kappa shape index (κ3) is 6.24. The average Bonchev–Trinajstić information content (AvgIpc) is 2.53. The summed E-state index contributed by atoms with van der Waals surface area (Å²) in [6.07, 6.45) is 0. The predicted molar refractivity (Wildman–Crippen MR) is 120 cm³/mol. The molecular weight excluding hydrogens is 713 g/mol. The van der Waals surface area contributed by atoms with Crippen molar-refractivity contribution in [2.45, 2.75) is 0 Å². The summed E-state index contributed by atoms with van der Waals surface area (Å²) < 4.78 is 3.68. The van der Waals surface area contributed by atoms with Crippen molar-refractivity contribution in [1.29, 1.82) is 0 Å². The first-order valence-electron chi connectivity index (χ1n) is 6.81. The van der Waals surface area contributed by atoms with Crippen LogP contribution in [0.4, 0.5) is 0 Å². The van der Waals surface area contributed by atoms with Gasteiger partial charge in [-0.2, -0.15) is 0 Å². The molecule has 0 saturated heterocycles. The van der Waals surface area contributed by atoms with Crippen LogP contribution in [-0.4, -0.2) is 37.1 Å². The second kappa shape index (κ2) is 11.2. The topological polar surface area (TPSA) is 60.7 Å². The second-order valence-corrected chi connectivity index (χ2v) is 13.5. The summed E-state index contributed by atoms with van der Waals surface area (Å²) >= 11 is -2.48. The molecular formula is C18H18BiBr3O3. The van der Waals surface area contributed by atoms with Crippen molar-refractivity contribution in [1.82, 2.24) is 0 Å². The molecule has 0 aliphatic heterocycles. The van der Waals surface area contributed by atoms with Crippen molar-refractivity contribution >= 4 is 82.5 Å². The Balaban J connectivity index is 0.00000192. The number of hydrogen-bond acceptors (Lipinski definition) is 3. The molecule has 3 N–H and O–H groups in total. The number of halogens is 3. The molecule has 3 rings (SSSR count). The van der Waals surface area contributed by atoms with E-state index < -0.39 is 21.8 Å². The molecule has 0 aliphatic rings. The van der Waals surface area contributed by atoms with Crippen LogP contribution < -0.4 is 9.81 Å². The maximum absolute atomic E-state index is 9.51. The quantitative estimate of drug-likeness (QED) is 0.364. The van der Waals surface area contributed by atoms with E-state index in [0.29, 0.717) is 0 Å². The molecule has 3 aromatic rings. The van der Waals surface area contributed by atoms with E-state index >= 15 is 0 Å². The van der Waals surface area contributed by atoms with Crippen LogP contribution in [0.2, 0.25) is 0 Å². The normalized spacial score (nSPS) is 9.48. The van der Waals surface area contributed by atoms with Gasteiger partial charge in [0.25, 0.3) is 0 Å². The van der Waals surface area contributed by atoms with Crippen LogP contribution in [0.3, 0.4) is 0 Å². The summed E-state index contributed by atoms with van der Waals surface area (Å²) in [4.78, 5) is 0. The Bertz CT molecular complexity index is 655. The van der Waals surface area contributed by atoms with E-state index in [1.807, 2.05) is 36.4 Å². The number of phenols is 3. The summed E-state index contributed by atoms with van der Waals surface area (Å²) in [5.74, 6) is 0.761. The number of benzene rings is 3. The van der Waals surface area contributed by atoms with Gasteiger partial charge in [-0.15, -0.1) is 50.9 Å². The molecule has 0 radical (unpaired) electrons. The van der Waals surface area contributed by atoms with Gasteiger partial charge in [0.05, 0.1) is 0 Å². The van der Waals surface area contributed by atoms with Gasteiger partial charge in [0, 0.05) is 0 Å². The van der Waals surface area contributed by atoms with Crippen LogP contribution in [0, 0.1) is 0 Å². The fourth-order valence-corrected chi connectivity index (χ4v) is 10.9. The van der Waals surface area contributed by atoms with Gasteiger partial charge in [-0.05, 0) is 0 Å². The molecule has 25 heavy (non-hydrogen) atoms. The molecule has 0 spiro atoms. The molecule has 0 bridgehead atoms. The fourth-order valence-electron chi connectivity index (χ4n) is 2.25. The van der Waals surface area contributed by atoms with Gasteiger partial charge in [0.2, 0.25) is 0 Å². The van der Waals surface area contributed by atoms with E-state index in [-0.39, 0.29) is 68.2 Å². The van der Waals surface area contributed by atoms with Crippen LogP contribution in [0.5, 0.6) is 17.2 Å². The van der Waals surface area contributed by atoms with Gasteiger partial charge in [-0.25, -0.2) is 0 Å². The van der Waals surface area contributed by atoms with Crippen molar-refractivity contribution in [3.05, 3.63) is 72.8 Å². The Morgan fingerprint density at radius 2 is 0.600 bits per heavy atom. The van der Waals surface area contributed by atoms with Gasteiger partial charge < -0.3 is 0 Å². The van der Waals surface area contributed by atoms with E-state index in [4.69, 9.17) is 0 Å². The Kier molecular flexibility index (Phi) is 10.9. The minimum atomic E-state index is -2.48. The molecule has 3 aromatic carbocycles. The predicted octanol–water partition coefficient (Wildman–Crippen LogP) is 3.05. The third-order valence-corrected chi connectivity index (χ3v) is 12.8. The fraction of sp³-hybridized carbons (Fsp3) is 0. The van der Waals surface area contributed by atoms with E-state index in [2.05, 4.69) is 0 Å². The Morgan fingerprint density at radius 1 is 0.400 bits per heavy atom. The number of phenolic OH excluding ortho intramolecular Hbond substituents is 3. The van der Waals surface area contributed by atoms with Crippen molar-refractivity contribution in [3.8, 4) is 17.2 Å².